The van der Waals surface area contributed by atoms with Gasteiger partial charge < -0.3 is 10.3 Å². The Hall–Kier alpha value is -1.51. The minimum Gasteiger partial charge on any atom is -0.387 e. The van der Waals surface area contributed by atoms with E-state index in [1.54, 1.807) is 6.08 Å². The number of carbonyl (C=O) groups is 1. The van der Waals surface area contributed by atoms with Crippen molar-refractivity contribution in [2.24, 2.45) is 5.92 Å². The second kappa shape index (κ2) is 2.03. The predicted octanol–water partition coefficient (Wildman–Crippen LogP) is 1.26. The summed E-state index contributed by atoms with van der Waals surface area (Å²) in [4.78, 5) is 15.0. The molecule has 15 heavy (non-hydrogen) atoms. The van der Waals surface area contributed by atoms with Crippen LogP contribution in [0.5, 0.6) is 0 Å². The van der Waals surface area contributed by atoms with Crippen molar-refractivity contribution in [1.82, 2.24) is 10.3 Å². The van der Waals surface area contributed by atoms with Gasteiger partial charge in [-0.15, -0.1) is 0 Å². The maximum atomic E-state index is 11.9. The number of aromatic nitrogens is 1. The normalized spacial score (nSPS) is 35.1. The maximum Gasteiger partial charge on any atom is 0.204 e. The van der Waals surface area contributed by atoms with Crippen molar-refractivity contribution >= 4 is 5.78 Å². The molecule has 3 aliphatic rings. The number of nitrogens with one attached hydrogen (secondary N) is 2. The molecule has 0 amide bonds. The van der Waals surface area contributed by atoms with E-state index < -0.39 is 0 Å². The molecule has 0 aromatic carbocycles. The van der Waals surface area contributed by atoms with Gasteiger partial charge in [0, 0.05) is 29.9 Å². The zero-order valence-electron chi connectivity index (χ0n) is 8.55. The van der Waals surface area contributed by atoms with Crippen LogP contribution in [-0.4, -0.2) is 17.3 Å². The van der Waals surface area contributed by atoms with E-state index in [4.69, 9.17) is 0 Å². The Morgan fingerprint density at radius 2 is 2.40 bits per heavy atom. The van der Waals surface area contributed by atoms with Crippen molar-refractivity contribution in [3.05, 3.63) is 34.8 Å². The van der Waals surface area contributed by atoms with E-state index in [-0.39, 0.29) is 11.2 Å². The van der Waals surface area contributed by atoms with Gasteiger partial charge in [0.2, 0.25) is 5.78 Å². The Morgan fingerprint density at radius 3 is 3.20 bits per heavy atom. The minimum atomic E-state index is 0.124. The second-order valence-corrected chi connectivity index (χ2v) is 4.90. The van der Waals surface area contributed by atoms with Crippen LogP contribution in [0.3, 0.4) is 0 Å². The van der Waals surface area contributed by atoms with Crippen LogP contribution in [0.25, 0.3) is 0 Å². The lowest BCUT2D eigenvalue weighted by Crippen LogP contribution is -2.25. The maximum absolute atomic E-state index is 11.9. The fourth-order valence-corrected chi connectivity index (χ4v) is 3.41. The number of fused-ring (bicyclic) bond motifs is 1. The van der Waals surface area contributed by atoms with E-state index in [2.05, 4.69) is 17.2 Å². The highest BCUT2D eigenvalue weighted by Gasteiger charge is 2.64. The second-order valence-electron chi connectivity index (χ2n) is 4.90. The molecule has 2 heterocycles. The van der Waals surface area contributed by atoms with Gasteiger partial charge in [-0.2, -0.15) is 0 Å². The Kier molecular flexibility index (Phi) is 1.05. The molecule has 0 bridgehead atoms. The van der Waals surface area contributed by atoms with Crippen molar-refractivity contribution < 1.29 is 4.79 Å². The largest absolute Gasteiger partial charge is 0.387 e. The number of allylic oxidation sites excluding steroid dienone is 2. The summed E-state index contributed by atoms with van der Waals surface area (Å²) in [5.74, 6) is 0.837. The molecule has 3 heteroatoms. The third-order valence-electron chi connectivity index (χ3n) is 4.17. The Bertz CT molecular complexity index is 526. The summed E-state index contributed by atoms with van der Waals surface area (Å²) in [5, 5.41) is 3.36. The molecule has 3 nitrogen and oxygen atoms in total. The number of piperidine rings is 1. The molecule has 2 fully saturated rings. The van der Waals surface area contributed by atoms with Crippen LogP contribution in [0, 0.1) is 12.8 Å². The van der Waals surface area contributed by atoms with Crippen LogP contribution in [0.15, 0.2) is 18.0 Å². The molecule has 1 spiro atoms. The fourth-order valence-electron chi connectivity index (χ4n) is 3.41. The van der Waals surface area contributed by atoms with Gasteiger partial charge in [-0.05, 0) is 30.4 Å². The lowest BCUT2D eigenvalue weighted by Gasteiger charge is -2.21. The molecule has 1 aliphatic heterocycles. The minimum absolute atomic E-state index is 0.124. The van der Waals surface area contributed by atoms with Gasteiger partial charge in [0.05, 0.1) is 5.69 Å². The molecular weight excluding hydrogens is 188 g/mol. The van der Waals surface area contributed by atoms with Gasteiger partial charge in [-0.3, -0.25) is 4.79 Å². The van der Waals surface area contributed by atoms with E-state index >= 15 is 0 Å². The molecule has 1 saturated heterocycles. The molecule has 76 valence electrons. The molecular formula is C12H12N2O. The van der Waals surface area contributed by atoms with Crippen molar-refractivity contribution in [2.45, 2.75) is 18.8 Å². The van der Waals surface area contributed by atoms with Crippen molar-refractivity contribution in [3.63, 3.8) is 0 Å². The Balaban J connectivity index is 2.07. The van der Waals surface area contributed by atoms with Crippen LogP contribution in [0.4, 0.5) is 0 Å². The van der Waals surface area contributed by atoms with Gasteiger partial charge in [-0.25, -0.2) is 0 Å². The van der Waals surface area contributed by atoms with Crippen molar-refractivity contribution in [2.75, 3.05) is 6.54 Å². The van der Waals surface area contributed by atoms with Crippen LogP contribution in [-0.2, 0) is 5.41 Å². The topological polar surface area (TPSA) is 44.9 Å². The molecule has 2 aliphatic carbocycles. The number of aryl methyl sites for hydroxylation is 1. The number of hydrogen-bond donors (Lipinski definition) is 2. The lowest BCUT2D eigenvalue weighted by atomic mass is 9.84. The summed E-state index contributed by atoms with van der Waals surface area (Å²) in [6, 6.07) is 0. The molecule has 0 unspecified atom stereocenters. The van der Waals surface area contributed by atoms with Crippen LogP contribution in [0.1, 0.15) is 28.0 Å². The summed E-state index contributed by atoms with van der Waals surface area (Å²) >= 11 is 0. The summed E-state index contributed by atoms with van der Waals surface area (Å²) in [6.07, 6.45) is 4.96. The van der Waals surface area contributed by atoms with Crippen LogP contribution >= 0.6 is 0 Å². The first kappa shape index (κ1) is 7.74. The van der Waals surface area contributed by atoms with Gasteiger partial charge in [0.15, 0.2) is 0 Å². The highest BCUT2D eigenvalue weighted by Crippen LogP contribution is 2.64. The zero-order valence-corrected chi connectivity index (χ0v) is 8.55. The van der Waals surface area contributed by atoms with E-state index in [1.165, 1.54) is 17.5 Å². The average Bonchev–Trinajstić information content (AvgIpc) is 2.61. The molecule has 2 atom stereocenters. The van der Waals surface area contributed by atoms with Gasteiger partial charge >= 0.3 is 0 Å². The Morgan fingerprint density at radius 1 is 1.53 bits per heavy atom. The molecule has 2 N–H and O–H groups in total. The third kappa shape index (κ3) is 0.664. The van der Waals surface area contributed by atoms with E-state index in [1.807, 2.05) is 6.20 Å². The molecule has 1 saturated carbocycles. The quantitative estimate of drug-likeness (QED) is 0.662. The standard InChI is InChI=1S/C12H12N2O/c1-6-4-14-11-8(15)2-9-12(10(6)11)3-7(12)5-13-9/h2,4,7,13-14H,3,5H2,1H3/t7-,12+/m1/s1. The van der Waals surface area contributed by atoms with Gasteiger partial charge in [-0.1, -0.05) is 0 Å². The van der Waals surface area contributed by atoms with E-state index in [0.717, 1.165) is 17.9 Å². The monoisotopic (exact) mass is 200 g/mol. The number of aromatic amines is 1. The first-order valence-corrected chi connectivity index (χ1v) is 5.42. The van der Waals surface area contributed by atoms with Gasteiger partial charge in [0.25, 0.3) is 0 Å². The first-order valence-electron chi connectivity index (χ1n) is 5.42. The number of carbonyl (C=O) groups excluding carboxylic acids is 1. The summed E-state index contributed by atoms with van der Waals surface area (Å²) < 4.78 is 0. The highest BCUT2D eigenvalue weighted by atomic mass is 16.1. The van der Waals surface area contributed by atoms with Crippen LogP contribution in [0.2, 0.25) is 0 Å². The number of H-pyrrole nitrogens is 1. The molecule has 4 rings (SSSR count). The fraction of sp³-hybridized carbons (Fsp3) is 0.417. The van der Waals surface area contributed by atoms with E-state index in [0.29, 0.717) is 5.92 Å². The smallest absolute Gasteiger partial charge is 0.204 e. The first-order chi connectivity index (χ1) is 7.23. The number of ketones is 1. The average molecular weight is 200 g/mol. The number of rotatable bonds is 0. The lowest BCUT2D eigenvalue weighted by molar-refractivity contribution is 0.103. The summed E-state index contributed by atoms with van der Waals surface area (Å²) in [6.45, 7) is 3.12. The molecule has 0 radical (unpaired) electrons. The summed E-state index contributed by atoms with van der Waals surface area (Å²) in [7, 11) is 0. The zero-order chi connectivity index (χ0) is 10.2. The highest BCUT2D eigenvalue weighted by molar-refractivity contribution is 6.07. The van der Waals surface area contributed by atoms with Gasteiger partial charge in [0.1, 0.15) is 0 Å². The summed E-state index contributed by atoms with van der Waals surface area (Å²) in [5.41, 5.74) is 4.66. The van der Waals surface area contributed by atoms with Crippen molar-refractivity contribution in [3.8, 4) is 0 Å². The molecule has 1 aromatic heterocycles. The molecule has 1 aromatic rings. The van der Waals surface area contributed by atoms with E-state index in [9.17, 15) is 4.79 Å². The Labute approximate surface area is 87.6 Å². The van der Waals surface area contributed by atoms with Crippen molar-refractivity contribution in [1.29, 1.82) is 0 Å². The predicted molar refractivity (Wildman–Crippen MR) is 55.7 cm³/mol. The SMILES string of the molecule is Cc1c[nH]c2c1[C@@]13C[C@@H]1CNC3=CC2=O. The van der Waals surface area contributed by atoms with Crippen LogP contribution < -0.4 is 5.32 Å². The number of hydrogen-bond acceptors (Lipinski definition) is 2. The third-order valence-corrected chi connectivity index (χ3v) is 4.17.